The van der Waals surface area contributed by atoms with Crippen LogP contribution in [0.15, 0.2) is 36.4 Å². The van der Waals surface area contributed by atoms with Crippen LogP contribution >= 0.6 is 11.6 Å². The average molecular weight is 330 g/mol. The quantitative estimate of drug-likeness (QED) is 0.719. The van der Waals surface area contributed by atoms with E-state index in [0.717, 1.165) is 22.8 Å². The minimum absolute atomic E-state index is 0.00396. The first kappa shape index (κ1) is 15.4. The number of carbonyl (C=O) groups is 1. The van der Waals surface area contributed by atoms with Crippen LogP contribution in [0.1, 0.15) is 21.5 Å². The standard InChI is InChI=1S/C18H13ClFNO2/c1-9-3-4-12(10(2)5-9)16-8-14(18(22)23)13-6-11(19)7-15(20)17(13)21-16/h3-8H,1-2H3,(H,22,23). The summed E-state index contributed by atoms with van der Waals surface area (Å²) in [7, 11) is 0. The number of aromatic carboxylic acids is 1. The van der Waals surface area contributed by atoms with Crippen molar-refractivity contribution in [2.24, 2.45) is 0 Å². The summed E-state index contributed by atoms with van der Waals surface area (Å²) >= 11 is 5.84. The predicted octanol–water partition coefficient (Wildman–Crippen LogP) is 5.01. The Morgan fingerprint density at radius 2 is 1.91 bits per heavy atom. The summed E-state index contributed by atoms with van der Waals surface area (Å²) in [5.74, 6) is -1.79. The van der Waals surface area contributed by atoms with Crippen LogP contribution in [-0.2, 0) is 0 Å². The molecule has 0 aliphatic heterocycles. The number of aromatic nitrogens is 1. The number of rotatable bonds is 2. The lowest BCUT2D eigenvalue weighted by Crippen LogP contribution is -2.02. The summed E-state index contributed by atoms with van der Waals surface area (Å²) in [5, 5.41) is 9.78. The topological polar surface area (TPSA) is 50.2 Å². The second kappa shape index (κ2) is 5.63. The third-order valence-electron chi connectivity index (χ3n) is 3.72. The molecule has 23 heavy (non-hydrogen) atoms. The fraction of sp³-hybridized carbons (Fsp3) is 0.111. The lowest BCUT2D eigenvalue weighted by Gasteiger charge is -2.11. The smallest absolute Gasteiger partial charge is 0.336 e. The SMILES string of the molecule is Cc1ccc(-c2cc(C(=O)O)c3cc(Cl)cc(F)c3n2)c(C)c1. The summed E-state index contributed by atoms with van der Waals surface area (Å²) in [6.45, 7) is 3.88. The van der Waals surface area contributed by atoms with Gasteiger partial charge in [-0.1, -0.05) is 35.4 Å². The molecule has 0 atom stereocenters. The van der Waals surface area contributed by atoms with Gasteiger partial charge in [0.05, 0.1) is 11.3 Å². The fourth-order valence-electron chi connectivity index (χ4n) is 2.67. The van der Waals surface area contributed by atoms with Crippen LogP contribution in [0.3, 0.4) is 0 Å². The van der Waals surface area contributed by atoms with Gasteiger partial charge in [0.2, 0.25) is 0 Å². The molecule has 0 spiro atoms. The number of pyridine rings is 1. The highest BCUT2D eigenvalue weighted by atomic mass is 35.5. The van der Waals surface area contributed by atoms with Crippen molar-refractivity contribution in [3.63, 3.8) is 0 Å². The van der Waals surface area contributed by atoms with Crippen LogP contribution in [0.25, 0.3) is 22.2 Å². The van der Waals surface area contributed by atoms with E-state index >= 15 is 0 Å². The molecule has 1 heterocycles. The third kappa shape index (κ3) is 2.78. The number of carboxylic acid groups (broad SMARTS) is 1. The number of benzene rings is 2. The van der Waals surface area contributed by atoms with E-state index in [1.807, 2.05) is 32.0 Å². The summed E-state index contributed by atoms with van der Waals surface area (Å²) in [4.78, 5) is 15.9. The lowest BCUT2D eigenvalue weighted by molar-refractivity contribution is 0.0699. The van der Waals surface area contributed by atoms with Gasteiger partial charge >= 0.3 is 5.97 Å². The van der Waals surface area contributed by atoms with Crippen LogP contribution in [0.4, 0.5) is 4.39 Å². The summed E-state index contributed by atoms with van der Waals surface area (Å²) in [6.07, 6.45) is 0. The molecule has 1 N–H and O–H groups in total. The average Bonchev–Trinajstić information content (AvgIpc) is 2.46. The van der Waals surface area contributed by atoms with E-state index < -0.39 is 11.8 Å². The molecule has 0 bridgehead atoms. The molecule has 116 valence electrons. The van der Waals surface area contributed by atoms with E-state index in [9.17, 15) is 14.3 Å². The normalized spacial score (nSPS) is 11.0. The fourth-order valence-corrected chi connectivity index (χ4v) is 2.87. The van der Waals surface area contributed by atoms with Crippen molar-refractivity contribution in [3.8, 4) is 11.3 Å². The molecule has 3 nitrogen and oxygen atoms in total. The summed E-state index contributed by atoms with van der Waals surface area (Å²) in [5.41, 5.74) is 3.21. The summed E-state index contributed by atoms with van der Waals surface area (Å²) in [6, 6.07) is 9.75. The first-order valence-corrected chi connectivity index (χ1v) is 7.35. The van der Waals surface area contributed by atoms with E-state index in [1.165, 1.54) is 12.1 Å². The predicted molar refractivity (Wildman–Crippen MR) is 88.6 cm³/mol. The number of aryl methyl sites for hydroxylation is 2. The molecule has 0 aliphatic carbocycles. The van der Waals surface area contributed by atoms with E-state index in [4.69, 9.17) is 11.6 Å². The molecule has 0 radical (unpaired) electrons. The highest BCUT2D eigenvalue weighted by molar-refractivity contribution is 6.31. The van der Waals surface area contributed by atoms with Crippen molar-refractivity contribution in [2.75, 3.05) is 0 Å². The Morgan fingerprint density at radius 1 is 1.17 bits per heavy atom. The number of carboxylic acids is 1. The molecule has 0 unspecified atom stereocenters. The monoisotopic (exact) mass is 329 g/mol. The van der Waals surface area contributed by atoms with Gasteiger partial charge in [0.1, 0.15) is 5.52 Å². The molecule has 0 saturated heterocycles. The van der Waals surface area contributed by atoms with Crippen molar-refractivity contribution in [3.05, 3.63) is 63.9 Å². The van der Waals surface area contributed by atoms with Crippen LogP contribution < -0.4 is 0 Å². The maximum atomic E-state index is 14.2. The van der Waals surface area contributed by atoms with Gasteiger partial charge in [-0.2, -0.15) is 0 Å². The molecular formula is C18H13ClFNO2. The lowest BCUT2D eigenvalue weighted by atomic mass is 9.99. The Morgan fingerprint density at radius 3 is 2.57 bits per heavy atom. The second-order valence-corrected chi connectivity index (χ2v) is 5.90. The van der Waals surface area contributed by atoms with E-state index in [2.05, 4.69) is 4.98 Å². The number of fused-ring (bicyclic) bond motifs is 1. The largest absolute Gasteiger partial charge is 0.478 e. The molecule has 5 heteroatoms. The zero-order valence-corrected chi connectivity index (χ0v) is 13.3. The molecule has 0 amide bonds. The molecular weight excluding hydrogens is 317 g/mol. The molecule has 2 aromatic carbocycles. The van der Waals surface area contributed by atoms with Crippen molar-refractivity contribution >= 4 is 28.5 Å². The molecule has 3 aromatic rings. The van der Waals surface area contributed by atoms with E-state index in [1.54, 1.807) is 0 Å². The Balaban J connectivity index is 2.37. The molecule has 0 aliphatic rings. The Kier molecular flexibility index (Phi) is 3.78. The van der Waals surface area contributed by atoms with Crippen molar-refractivity contribution in [1.29, 1.82) is 0 Å². The van der Waals surface area contributed by atoms with Gasteiger partial charge in [0.25, 0.3) is 0 Å². The van der Waals surface area contributed by atoms with Gasteiger partial charge in [-0.3, -0.25) is 0 Å². The maximum Gasteiger partial charge on any atom is 0.336 e. The minimum atomic E-state index is -1.15. The van der Waals surface area contributed by atoms with Crippen LogP contribution in [0.2, 0.25) is 5.02 Å². The number of nitrogens with zero attached hydrogens (tertiary/aromatic N) is 1. The number of hydrogen-bond donors (Lipinski definition) is 1. The highest BCUT2D eigenvalue weighted by Crippen LogP contribution is 2.30. The van der Waals surface area contributed by atoms with Crippen molar-refractivity contribution < 1.29 is 14.3 Å². The zero-order chi connectivity index (χ0) is 16.7. The molecule has 0 saturated carbocycles. The van der Waals surface area contributed by atoms with Gasteiger partial charge < -0.3 is 5.11 Å². The Labute approximate surface area is 137 Å². The molecule has 1 aromatic heterocycles. The first-order chi connectivity index (χ1) is 10.9. The van der Waals surface area contributed by atoms with Crippen LogP contribution in [0.5, 0.6) is 0 Å². The zero-order valence-electron chi connectivity index (χ0n) is 12.5. The second-order valence-electron chi connectivity index (χ2n) is 5.46. The van der Waals surface area contributed by atoms with Gasteiger partial charge in [-0.15, -0.1) is 0 Å². The van der Waals surface area contributed by atoms with Crippen molar-refractivity contribution in [1.82, 2.24) is 4.98 Å². The van der Waals surface area contributed by atoms with Crippen molar-refractivity contribution in [2.45, 2.75) is 13.8 Å². The van der Waals surface area contributed by atoms with Crippen LogP contribution in [-0.4, -0.2) is 16.1 Å². The van der Waals surface area contributed by atoms with E-state index in [0.29, 0.717) is 5.69 Å². The maximum absolute atomic E-state index is 14.2. The summed E-state index contributed by atoms with van der Waals surface area (Å²) < 4.78 is 14.2. The van der Waals surface area contributed by atoms with Gasteiger partial charge in [0.15, 0.2) is 5.82 Å². The Hall–Kier alpha value is -2.46. The third-order valence-corrected chi connectivity index (χ3v) is 3.94. The van der Waals surface area contributed by atoms with Gasteiger partial charge in [-0.25, -0.2) is 14.2 Å². The molecule has 0 fully saturated rings. The van der Waals surface area contributed by atoms with Gasteiger partial charge in [0, 0.05) is 16.0 Å². The first-order valence-electron chi connectivity index (χ1n) is 6.97. The number of halogens is 2. The van der Waals surface area contributed by atoms with Crippen LogP contribution in [0, 0.1) is 19.7 Å². The number of hydrogen-bond acceptors (Lipinski definition) is 2. The van der Waals surface area contributed by atoms with Gasteiger partial charge in [-0.05, 0) is 37.6 Å². The Bertz CT molecular complexity index is 953. The van der Waals surface area contributed by atoms with E-state index in [-0.39, 0.29) is 21.5 Å². The minimum Gasteiger partial charge on any atom is -0.478 e. The highest BCUT2D eigenvalue weighted by Gasteiger charge is 2.17. The molecule has 3 rings (SSSR count).